The minimum absolute atomic E-state index is 0. The molecule has 0 aromatic heterocycles. The van der Waals surface area contributed by atoms with Gasteiger partial charge in [-0.2, -0.15) is 0 Å². The van der Waals surface area contributed by atoms with Crippen molar-refractivity contribution in [3.8, 4) is 12.8 Å². The number of rotatable bonds is 0. The topological polar surface area (TPSA) is 0 Å². The number of hydrogen-bond acceptors (Lipinski definition) is 0. The van der Waals surface area contributed by atoms with Crippen LogP contribution in [0.25, 0.3) is 0 Å². The average Bonchev–Trinajstić information content (AvgIpc) is 1.00. The second-order valence-corrected chi connectivity index (χ2v) is 0. The maximum Gasteiger partial charge on any atom is 0 e. The molecule has 0 saturated carbocycles. The SMILES string of the molecule is C#C.[B].[Si]. The fraction of sp³-hybridized carbons (Fsp3) is 0. The van der Waals surface area contributed by atoms with Crippen molar-refractivity contribution >= 4 is 19.4 Å². The van der Waals surface area contributed by atoms with Gasteiger partial charge in [0.1, 0.15) is 0 Å². The molecular weight excluding hydrogens is 62.9 g/mol. The summed E-state index contributed by atoms with van der Waals surface area (Å²) in [4.78, 5) is 0. The van der Waals surface area contributed by atoms with Gasteiger partial charge in [0.2, 0.25) is 0 Å². The van der Waals surface area contributed by atoms with Gasteiger partial charge < -0.3 is 0 Å². The van der Waals surface area contributed by atoms with Crippen LogP contribution < -0.4 is 0 Å². The summed E-state index contributed by atoms with van der Waals surface area (Å²) in [5.41, 5.74) is 0. The molecule has 0 fully saturated rings. The first-order chi connectivity index (χ1) is 1.00. The van der Waals surface area contributed by atoms with Gasteiger partial charge in [-0.25, -0.2) is 0 Å². The maximum atomic E-state index is 4.00. The quantitative estimate of drug-likeness (QED) is 0.263. The van der Waals surface area contributed by atoms with Crippen LogP contribution >= 0.6 is 0 Å². The molecule has 0 aliphatic heterocycles. The largest absolute Gasteiger partial charge is 0.124 e. The molecule has 0 heterocycles. The van der Waals surface area contributed by atoms with Gasteiger partial charge in [-0.3, -0.25) is 0 Å². The third-order valence-corrected chi connectivity index (χ3v) is 0. The molecule has 2 heteroatoms. The van der Waals surface area contributed by atoms with E-state index >= 15 is 0 Å². The van der Waals surface area contributed by atoms with E-state index in [9.17, 15) is 0 Å². The van der Waals surface area contributed by atoms with Crippen molar-refractivity contribution in [1.29, 1.82) is 0 Å². The van der Waals surface area contributed by atoms with E-state index in [1.165, 1.54) is 0 Å². The molecule has 0 amide bonds. The molecule has 0 aromatic carbocycles. The molecule has 0 bridgehead atoms. The second kappa shape index (κ2) is 385. The van der Waals surface area contributed by atoms with E-state index in [4.69, 9.17) is 0 Å². The Hall–Kier alpha value is -0.158. The zero-order chi connectivity index (χ0) is 2.00. The van der Waals surface area contributed by atoms with E-state index in [-0.39, 0.29) is 19.4 Å². The molecule has 0 unspecified atom stereocenters. The zero-order valence-corrected chi connectivity index (χ0v) is 3.23. The van der Waals surface area contributed by atoms with Crippen LogP contribution in [0.3, 0.4) is 0 Å². The van der Waals surface area contributed by atoms with Gasteiger partial charge in [0, 0.05) is 19.4 Å². The van der Waals surface area contributed by atoms with Gasteiger partial charge in [0.05, 0.1) is 0 Å². The van der Waals surface area contributed by atoms with Gasteiger partial charge in [0.25, 0.3) is 0 Å². The van der Waals surface area contributed by atoms with Crippen molar-refractivity contribution in [3.63, 3.8) is 0 Å². The first-order valence-electron chi connectivity index (χ1n) is 0.333. The highest BCUT2D eigenvalue weighted by Crippen LogP contribution is 0.579. The Balaban J connectivity index is -0.00000000500. The Labute approximate surface area is 33.2 Å². The first-order valence-corrected chi connectivity index (χ1v) is 0.333. The van der Waals surface area contributed by atoms with Gasteiger partial charge >= 0.3 is 0 Å². The predicted octanol–water partition coefficient (Wildman–Crippen LogP) is -0.512. The number of terminal acetylenes is 1. The fourth-order valence-corrected chi connectivity index (χ4v) is 0. The Morgan fingerprint density at radius 3 is 1.00 bits per heavy atom. The van der Waals surface area contributed by atoms with Crippen molar-refractivity contribution in [2.24, 2.45) is 0 Å². The summed E-state index contributed by atoms with van der Waals surface area (Å²) in [6.45, 7) is 0. The highest BCUT2D eigenvalue weighted by molar-refractivity contribution is 5.76. The molecule has 4 heavy (non-hydrogen) atoms. The van der Waals surface area contributed by atoms with Crippen LogP contribution in [-0.4, -0.2) is 19.4 Å². The molecule has 0 spiro atoms. The third kappa shape index (κ3) is 52.2. The molecule has 0 N–H and O–H groups in total. The lowest BCUT2D eigenvalue weighted by molar-refractivity contribution is 3.31. The van der Waals surface area contributed by atoms with Crippen LogP contribution in [0, 0.1) is 12.8 Å². The Morgan fingerprint density at radius 2 is 1.00 bits per heavy atom. The third-order valence-electron chi connectivity index (χ3n) is 0. The van der Waals surface area contributed by atoms with Crippen LogP contribution in [0.5, 0.6) is 0 Å². The highest BCUT2D eigenvalue weighted by Gasteiger charge is 0.454. The van der Waals surface area contributed by atoms with Crippen molar-refractivity contribution < 1.29 is 0 Å². The van der Waals surface area contributed by atoms with Crippen LogP contribution in [-0.2, 0) is 0 Å². The van der Waals surface area contributed by atoms with Gasteiger partial charge in [-0.1, -0.05) is 0 Å². The van der Waals surface area contributed by atoms with Gasteiger partial charge in [-0.05, 0) is 0 Å². The molecule has 0 saturated heterocycles. The van der Waals surface area contributed by atoms with E-state index < -0.39 is 0 Å². The molecule has 7 radical (unpaired) electrons. The molecule has 17 valence electrons. The highest BCUT2D eigenvalue weighted by atomic mass is 28.1. The molecule has 0 atom stereocenters. The summed E-state index contributed by atoms with van der Waals surface area (Å²) in [5.74, 6) is 0. The summed E-state index contributed by atoms with van der Waals surface area (Å²) in [6.07, 6.45) is 8.00. The summed E-state index contributed by atoms with van der Waals surface area (Å²) in [7, 11) is 0. The molecule has 0 aliphatic carbocycles. The molecular formula is C2H2BSi. The standard InChI is InChI=1S/C2H2.B.Si/c1-2;;/h1-2H;;. The summed E-state index contributed by atoms with van der Waals surface area (Å²) < 4.78 is 0. The Kier molecular flexibility index (Phi) is 4220. The normalized spacial score (nSPS) is 0.500. The Morgan fingerprint density at radius 1 is 1.00 bits per heavy atom. The minimum atomic E-state index is 0. The Bertz CT molecular complexity index is 10.8. The van der Waals surface area contributed by atoms with Crippen LogP contribution in [0.15, 0.2) is 0 Å². The maximum absolute atomic E-state index is 4.00. The van der Waals surface area contributed by atoms with Crippen LogP contribution in [0.1, 0.15) is 0 Å². The lowest BCUT2D eigenvalue weighted by Gasteiger charge is -0.701. The minimum Gasteiger partial charge on any atom is -0.124 e. The molecule has 0 rings (SSSR count). The van der Waals surface area contributed by atoms with Crippen molar-refractivity contribution in [2.45, 2.75) is 0 Å². The van der Waals surface area contributed by atoms with E-state index in [1.54, 1.807) is 0 Å². The monoisotopic (exact) mass is 65.0 g/mol. The van der Waals surface area contributed by atoms with E-state index in [1.807, 2.05) is 0 Å². The molecule has 0 aliphatic rings. The number of hydrogen-bond donors (Lipinski definition) is 0. The summed E-state index contributed by atoms with van der Waals surface area (Å²) >= 11 is 0. The average molecular weight is 64.9 g/mol. The van der Waals surface area contributed by atoms with Gasteiger partial charge in [-0.15, -0.1) is 12.8 Å². The fourth-order valence-electron chi connectivity index (χ4n) is 0. The molecule has 0 nitrogen and oxygen atoms in total. The van der Waals surface area contributed by atoms with E-state index in [0.29, 0.717) is 0 Å². The van der Waals surface area contributed by atoms with Crippen molar-refractivity contribution in [3.05, 3.63) is 0 Å². The summed E-state index contributed by atoms with van der Waals surface area (Å²) in [6, 6.07) is 0. The van der Waals surface area contributed by atoms with E-state index in [2.05, 4.69) is 12.8 Å². The lowest BCUT2D eigenvalue weighted by atomic mass is 10.8. The zero-order valence-electron chi connectivity index (χ0n) is 2.23. The van der Waals surface area contributed by atoms with Crippen LogP contribution in [0.2, 0.25) is 0 Å². The second-order valence-electron chi connectivity index (χ2n) is 0. The van der Waals surface area contributed by atoms with Crippen LogP contribution in [0.4, 0.5) is 0 Å². The predicted molar refractivity (Wildman–Crippen MR) is 21.4 cm³/mol. The van der Waals surface area contributed by atoms with Gasteiger partial charge in [0.15, 0.2) is 0 Å². The first kappa shape index (κ1) is 43.8. The van der Waals surface area contributed by atoms with E-state index in [0.717, 1.165) is 0 Å². The molecule has 0 aromatic rings. The van der Waals surface area contributed by atoms with Crippen molar-refractivity contribution in [1.82, 2.24) is 0 Å². The smallest absolute Gasteiger partial charge is 0 e. The lowest BCUT2D eigenvalue weighted by Crippen LogP contribution is -0.576. The summed E-state index contributed by atoms with van der Waals surface area (Å²) in [5, 5.41) is 0. The van der Waals surface area contributed by atoms with Crippen molar-refractivity contribution in [2.75, 3.05) is 0 Å².